The number of esters is 1. The summed E-state index contributed by atoms with van der Waals surface area (Å²) in [6.07, 6.45) is 0.101. The Morgan fingerprint density at radius 3 is 2.82 bits per heavy atom. The van der Waals surface area contributed by atoms with Crippen LogP contribution in [-0.2, 0) is 16.0 Å². The Morgan fingerprint density at radius 2 is 2.24 bits per heavy atom. The van der Waals surface area contributed by atoms with Crippen LogP contribution in [0.3, 0.4) is 0 Å². The van der Waals surface area contributed by atoms with Gasteiger partial charge < -0.3 is 15.6 Å². The Morgan fingerprint density at radius 1 is 1.53 bits per heavy atom. The number of carbonyl (C=O) groups excluding carboxylic acids is 1. The lowest BCUT2D eigenvalue weighted by Gasteiger charge is -2.13. The zero-order valence-electron chi connectivity index (χ0n) is 10.2. The van der Waals surface area contributed by atoms with Crippen molar-refractivity contribution in [2.45, 2.75) is 32.4 Å². The quantitative estimate of drug-likeness (QED) is 0.754. The predicted octanol–water partition coefficient (Wildman–Crippen LogP) is 1.17. The van der Waals surface area contributed by atoms with Crippen molar-refractivity contribution in [1.29, 1.82) is 0 Å². The number of aliphatic hydroxyl groups excluding tert-OH is 1. The maximum absolute atomic E-state index is 11.1. The number of hydrogen-bond donors (Lipinski definition) is 2. The van der Waals surface area contributed by atoms with Gasteiger partial charge in [0.1, 0.15) is 18.8 Å². The fourth-order valence-electron chi connectivity index (χ4n) is 1.41. The number of rotatable bonds is 5. The highest BCUT2D eigenvalue weighted by molar-refractivity contribution is 5.74. The summed E-state index contributed by atoms with van der Waals surface area (Å²) in [5.74, 6) is -0.504. The second-order valence-corrected chi connectivity index (χ2v) is 4.03. The van der Waals surface area contributed by atoms with Crippen molar-refractivity contribution < 1.29 is 14.6 Å². The van der Waals surface area contributed by atoms with Gasteiger partial charge in [0.2, 0.25) is 0 Å². The molecule has 4 nitrogen and oxygen atoms in total. The molecule has 0 radical (unpaired) electrons. The van der Waals surface area contributed by atoms with Gasteiger partial charge in [-0.3, -0.25) is 4.79 Å². The maximum atomic E-state index is 11.1. The lowest BCUT2D eigenvalue weighted by molar-refractivity contribution is -0.147. The van der Waals surface area contributed by atoms with Crippen molar-refractivity contribution in [2.24, 2.45) is 5.73 Å². The fraction of sp³-hybridized carbons (Fsp3) is 0.462. The summed E-state index contributed by atoms with van der Waals surface area (Å²) in [7, 11) is 0. The van der Waals surface area contributed by atoms with E-state index in [0.29, 0.717) is 0 Å². The van der Waals surface area contributed by atoms with Gasteiger partial charge >= 0.3 is 5.97 Å². The summed E-state index contributed by atoms with van der Waals surface area (Å²) >= 11 is 0. The van der Waals surface area contributed by atoms with Crippen molar-refractivity contribution in [3.8, 4) is 0 Å². The maximum Gasteiger partial charge on any atom is 0.322 e. The predicted molar refractivity (Wildman–Crippen MR) is 65.4 cm³/mol. The molecule has 0 saturated heterocycles. The molecule has 0 saturated carbocycles. The van der Waals surface area contributed by atoms with Crippen LogP contribution in [0, 0.1) is 0 Å². The van der Waals surface area contributed by atoms with Gasteiger partial charge in [0.25, 0.3) is 0 Å². The van der Waals surface area contributed by atoms with Crippen LogP contribution in [0.25, 0.3) is 0 Å². The first kappa shape index (κ1) is 13.7. The first-order chi connectivity index (χ1) is 8.04. The molecule has 0 fully saturated rings. The normalized spacial score (nSPS) is 14.1. The standard InChI is InChI=1S/C13H19NO3/c1-3-10-5-4-6-11(7-10)12(15)8-17-13(16)9(2)14/h4-7,9,12,15H,3,8,14H2,1-2H3/t9-,12?/m1/s1. The molecule has 1 rings (SSSR count). The second-order valence-electron chi connectivity index (χ2n) is 4.03. The number of aliphatic hydroxyl groups is 1. The van der Waals surface area contributed by atoms with Crippen molar-refractivity contribution in [3.63, 3.8) is 0 Å². The minimum Gasteiger partial charge on any atom is -0.461 e. The van der Waals surface area contributed by atoms with E-state index in [2.05, 4.69) is 0 Å². The molecule has 3 N–H and O–H groups in total. The molecule has 17 heavy (non-hydrogen) atoms. The number of nitrogens with two attached hydrogens (primary N) is 1. The first-order valence-corrected chi connectivity index (χ1v) is 5.73. The molecule has 0 aliphatic heterocycles. The monoisotopic (exact) mass is 237 g/mol. The van der Waals surface area contributed by atoms with Gasteiger partial charge in [-0.15, -0.1) is 0 Å². The Bertz CT molecular complexity index is 377. The molecular weight excluding hydrogens is 218 g/mol. The molecule has 0 heterocycles. The Kier molecular flexibility index (Phi) is 5.12. The van der Waals surface area contributed by atoms with E-state index in [0.717, 1.165) is 17.5 Å². The molecule has 0 spiro atoms. The summed E-state index contributed by atoms with van der Waals surface area (Å²) in [4.78, 5) is 11.1. The molecule has 2 atom stereocenters. The van der Waals surface area contributed by atoms with E-state index in [1.165, 1.54) is 0 Å². The summed E-state index contributed by atoms with van der Waals surface area (Å²) in [6.45, 7) is 3.53. The summed E-state index contributed by atoms with van der Waals surface area (Å²) < 4.78 is 4.88. The van der Waals surface area contributed by atoms with E-state index in [-0.39, 0.29) is 6.61 Å². The number of carbonyl (C=O) groups is 1. The topological polar surface area (TPSA) is 72.5 Å². The molecule has 0 aliphatic carbocycles. The largest absolute Gasteiger partial charge is 0.461 e. The molecular formula is C13H19NO3. The molecule has 1 aromatic rings. The highest BCUT2D eigenvalue weighted by Crippen LogP contribution is 2.15. The van der Waals surface area contributed by atoms with Gasteiger partial charge in [-0.1, -0.05) is 31.2 Å². The zero-order valence-corrected chi connectivity index (χ0v) is 10.2. The van der Waals surface area contributed by atoms with Crippen molar-refractivity contribution in [2.75, 3.05) is 6.61 Å². The molecule has 94 valence electrons. The van der Waals surface area contributed by atoms with Crippen LogP contribution in [0.4, 0.5) is 0 Å². The lowest BCUT2D eigenvalue weighted by Crippen LogP contribution is -2.30. The van der Waals surface area contributed by atoms with Crippen LogP contribution < -0.4 is 5.73 Å². The Labute approximate surface area is 101 Å². The van der Waals surface area contributed by atoms with E-state index >= 15 is 0 Å². The highest BCUT2D eigenvalue weighted by atomic mass is 16.5. The summed E-state index contributed by atoms with van der Waals surface area (Å²) in [6, 6.07) is 6.92. The molecule has 4 heteroatoms. The molecule has 1 unspecified atom stereocenters. The average Bonchev–Trinajstić information content (AvgIpc) is 2.35. The second kappa shape index (κ2) is 6.37. The van der Waals surface area contributed by atoms with Crippen LogP contribution in [-0.4, -0.2) is 23.7 Å². The van der Waals surface area contributed by atoms with Gasteiger partial charge in [0.05, 0.1) is 0 Å². The minimum absolute atomic E-state index is 0.0620. The molecule has 0 amide bonds. The van der Waals surface area contributed by atoms with Crippen molar-refractivity contribution in [3.05, 3.63) is 35.4 Å². The third-order valence-corrected chi connectivity index (χ3v) is 2.50. The lowest BCUT2D eigenvalue weighted by atomic mass is 10.1. The van der Waals surface area contributed by atoms with Crippen LogP contribution in [0.1, 0.15) is 31.1 Å². The minimum atomic E-state index is -0.802. The van der Waals surface area contributed by atoms with E-state index < -0.39 is 18.1 Å². The SMILES string of the molecule is CCc1cccc(C(O)COC(=O)[C@@H](C)N)c1. The molecule has 0 aromatic heterocycles. The number of ether oxygens (including phenoxy) is 1. The van der Waals surface area contributed by atoms with Crippen molar-refractivity contribution in [1.82, 2.24) is 0 Å². The Balaban J connectivity index is 2.57. The van der Waals surface area contributed by atoms with Crippen LogP contribution in [0.5, 0.6) is 0 Å². The van der Waals surface area contributed by atoms with E-state index in [1.54, 1.807) is 6.92 Å². The highest BCUT2D eigenvalue weighted by Gasteiger charge is 2.13. The van der Waals surface area contributed by atoms with E-state index in [4.69, 9.17) is 10.5 Å². The number of hydrogen-bond acceptors (Lipinski definition) is 4. The van der Waals surface area contributed by atoms with Crippen LogP contribution in [0.15, 0.2) is 24.3 Å². The molecule has 1 aromatic carbocycles. The van der Waals surface area contributed by atoms with E-state index in [1.807, 2.05) is 31.2 Å². The average molecular weight is 237 g/mol. The number of benzene rings is 1. The molecule has 0 aliphatic rings. The van der Waals surface area contributed by atoms with Crippen LogP contribution >= 0.6 is 0 Å². The summed E-state index contributed by atoms with van der Waals surface area (Å²) in [5.41, 5.74) is 7.24. The van der Waals surface area contributed by atoms with Gasteiger partial charge in [0.15, 0.2) is 0 Å². The smallest absolute Gasteiger partial charge is 0.322 e. The van der Waals surface area contributed by atoms with Crippen LogP contribution in [0.2, 0.25) is 0 Å². The third kappa shape index (κ3) is 4.17. The fourth-order valence-corrected chi connectivity index (χ4v) is 1.41. The first-order valence-electron chi connectivity index (χ1n) is 5.73. The van der Waals surface area contributed by atoms with Crippen molar-refractivity contribution >= 4 is 5.97 Å². The Hall–Kier alpha value is -1.39. The number of aryl methyl sites for hydroxylation is 1. The van der Waals surface area contributed by atoms with Gasteiger partial charge in [0, 0.05) is 0 Å². The van der Waals surface area contributed by atoms with Gasteiger partial charge in [-0.05, 0) is 24.5 Å². The van der Waals surface area contributed by atoms with Gasteiger partial charge in [-0.25, -0.2) is 0 Å². The third-order valence-electron chi connectivity index (χ3n) is 2.50. The van der Waals surface area contributed by atoms with E-state index in [9.17, 15) is 9.90 Å². The zero-order chi connectivity index (χ0) is 12.8. The van der Waals surface area contributed by atoms with Gasteiger partial charge in [-0.2, -0.15) is 0 Å². The molecule has 0 bridgehead atoms. The summed E-state index contributed by atoms with van der Waals surface area (Å²) in [5, 5.41) is 9.85.